The van der Waals surface area contributed by atoms with E-state index in [1.165, 1.54) is 6.20 Å². The average Bonchev–Trinajstić information content (AvgIpc) is 2.45. The molecule has 20 heavy (non-hydrogen) atoms. The first kappa shape index (κ1) is 14.5. The van der Waals surface area contributed by atoms with E-state index in [9.17, 15) is 4.79 Å². The standard InChI is InChI=1S/C15H15BrN2O2/c1-2-6-20-14-5-3-4-13(8-14)18-15(19)11-7-12(16)10-17-9-11/h3-5,7-10H,2,6H2,1H3,(H,18,19). The summed E-state index contributed by atoms with van der Waals surface area (Å²) in [7, 11) is 0. The predicted molar refractivity (Wildman–Crippen MR) is 82.1 cm³/mol. The van der Waals surface area contributed by atoms with Crippen LogP contribution in [0.5, 0.6) is 5.75 Å². The fourth-order valence-corrected chi connectivity index (χ4v) is 1.99. The van der Waals surface area contributed by atoms with Crippen LogP contribution in [-0.4, -0.2) is 17.5 Å². The highest BCUT2D eigenvalue weighted by molar-refractivity contribution is 9.10. The quantitative estimate of drug-likeness (QED) is 0.902. The maximum absolute atomic E-state index is 12.1. The molecule has 0 aliphatic carbocycles. The lowest BCUT2D eigenvalue weighted by molar-refractivity contribution is 0.102. The van der Waals surface area contributed by atoms with Crippen LogP contribution >= 0.6 is 15.9 Å². The second-order valence-electron chi connectivity index (χ2n) is 4.22. The Morgan fingerprint density at radius 3 is 2.95 bits per heavy atom. The van der Waals surface area contributed by atoms with E-state index in [1.807, 2.05) is 25.1 Å². The van der Waals surface area contributed by atoms with Crippen molar-refractivity contribution < 1.29 is 9.53 Å². The summed E-state index contributed by atoms with van der Waals surface area (Å²) in [6.07, 6.45) is 4.10. The van der Waals surface area contributed by atoms with Gasteiger partial charge in [-0.05, 0) is 40.5 Å². The molecule has 0 unspecified atom stereocenters. The van der Waals surface area contributed by atoms with Gasteiger partial charge in [0.2, 0.25) is 0 Å². The maximum Gasteiger partial charge on any atom is 0.257 e. The summed E-state index contributed by atoms with van der Waals surface area (Å²) < 4.78 is 6.30. The number of hydrogen-bond acceptors (Lipinski definition) is 3. The predicted octanol–water partition coefficient (Wildman–Crippen LogP) is 3.89. The lowest BCUT2D eigenvalue weighted by atomic mass is 10.2. The zero-order valence-electron chi connectivity index (χ0n) is 11.1. The van der Waals surface area contributed by atoms with Crippen LogP contribution in [0.25, 0.3) is 0 Å². The minimum atomic E-state index is -0.202. The summed E-state index contributed by atoms with van der Waals surface area (Å²) >= 11 is 3.29. The first-order valence-electron chi connectivity index (χ1n) is 6.34. The van der Waals surface area contributed by atoms with Crippen molar-refractivity contribution in [1.29, 1.82) is 0 Å². The summed E-state index contributed by atoms with van der Waals surface area (Å²) in [6.45, 7) is 2.71. The molecule has 4 nitrogen and oxygen atoms in total. The number of rotatable bonds is 5. The van der Waals surface area contributed by atoms with Crippen molar-refractivity contribution in [2.45, 2.75) is 13.3 Å². The van der Waals surface area contributed by atoms with Gasteiger partial charge in [0, 0.05) is 28.6 Å². The van der Waals surface area contributed by atoms with Gasteiger partial charge < -0.3 is 10.1 Å². The van der Waals surface area contributed by atoms with E-state index in [4.69, 9.17) is 4.74 Å². The normalized spacial score (nSPS) is 10.1. The van der Waals surface area contributed by atoms with E-state index in [-0.39, 0.29) is 5.91 Å². The molecule has 0 fully saturated rings. The fourth-order valence-electron chi connectivity index (χ4n) is 1.62. The molecule has 1 amide bonds. The first-order chi connectivity index (χ1) is 9.69. The van der Waals surface area contributed by atoms with E-state index < -0.39 is 0 Å². The third-order valence-electron chi connectivity index (χ3n) is 2.53. The third kappa shape index (κ3) is 4.06. The molecule has 1 aromatic heterocycles. The Morgan fingerprint density at radius 1 is 1.35 bits per heavy atom. The number of pyridine rings is 1. The summed E-state index contributed by atoms with van der Waals surface area (Å²) in [6, 6.07) is 9.06. The molecular formula is C15H15BrN2O2. The lowest BCUT2D eigenvalue weighted by Gasteiger charge is -2.08. The molecule has 0 saturated carbocycles. The Hall–Kier alpha value is -1.88. The van der Waals surface area contributed by atoms with Gasteiger partial charge in [0.15, 0.2) is 0 Å². The number of aromatic nitrogens is 1. The Labute approximate surface area is 126 Å². The van der Waals surface area contributed by atoms with Gasteiger partial charge >= 0.3 is 0 Å². The summed E-state index contributed by atoms with van der Waals surface area (Å²) in [5.74, 6) is 0.545. The molecule has 0 aliphatic rings. The Morgan fingerprint density at radius 2 is 2.20 bits per heavy atom. The highest BCUT2D eigenvalue weighted by Gasteiger charge is 2.07. The van der Waals surface area contributed by atoms with Gasteiger partial charge in [-0.2, -0.15) is 0 Å². The summed E-state index contributed by atoms with van der Waals surface area (Å²) in [5, 5.41) is 2.82. The highest BCUT2D eigenvalue weighted by Crippen LogP contribution is 2.18. The van der Waals surface area contributed by atoms with Gasteiger partial charge in [-0.1, -0.05) is 13.0 Å². The van der Waals surface area contributed by atoms with Crippen molar-refractivity contribution in [2.75, 3.05) is 11.9 Å². The van der Waals surface area contributed by atoms with Gasteiger partial charge in [0.25, 0.3) is 5.91 Å². The van der Waals surface area contributed by atoms with Crippen molar-refractivity contribution >= 4 is 27.5 Å². The average molecular weight is 335 g/mol. The molecular weight excluding hydrogens is 320 g/mol. The third-order valence-corrected chi connectivity index (χ3v) is 2.97. The van der Waals surface area contributed by atoms with Gasteiger partial charge in [-0.15, -0.1) is 0 Å². The highest BCUT2D eigenvalue weighted by atomic mass is 79.9. The molecule has 2 rings (SSSR count). The number of carbonyl (C=O) groups excluding carboxylic acids is 1. The lowest BCUT2D eigenvalue weighted by Crippen LogP contribution is -2.12. The molecule has 0 aliphatic heterocycles. The molecule has 0 saturated heterocycles. The molecule has 1 aromatic carbocycles. The van der Waals surface area contributed by atoms with Gasteiger partial charge in [0.05, 0.1) is 12.2 Å². The second kappa shape index (κ2) is 7.05. The molecule has 5 heteroatoms. The SMILES string of the molecule is CCCOc1cccc(NC(=O)c2cncc(Br)c2)c1. The number of carbonyl (C=O) groups is 1. The van der Waals surface area contributed by atoms with Crippen molar-refractivity contribution in [3.05, 3.63) is 52.8 Å². The van der Waals surface area contributed by atoms with E-state index in [1.54, 1.807) is 18.3 Å². The van der Waals surface area contributed by atoms with Crippen LogP contribution in [0, 0.1) is 0 Å². The molecule has 2 aromatic rings. The molecule has 0 spiro atoms. The molecule has 104 valence electrons. The number of hydrogen-bond donors (Lipinski definition) is 1. The van der Waals surface area contributed by atoms with E-state index in [0.717, 1.165) is 16.6 Å². The summed E-state index contributed by atoms with van der Waals surface area (Å²) in [4.78, 5) is 16.1. The van der Waals surface area contributed by atoms with Crippen LogP contribution < -0.4 is 10.1 Å². The minimum absolute atomic E-state index is 0.202. The fraction of sp³-hybridized carbons (Fsp3) is 0.200. The van der Waals surface area contributed by atoms with Crippen molar-refractivity contribution in [3.8, 4) is 5.75 Å². The molecule has 1 N–H and O–H groups in total. The van der Waals surface area contributed by atoms with Crippen LogP contribution in [0.2, 0.25) is 0 Å². The van der Waals surface area contributed by atoms with Crippen LogP contribution in [0.4, 0.5) is 5.69 Å². The van der Waals surface area contributed by atoms with E-state index >= 15 is 0 Å². The smallest absolute Gasteiger partial charge is 0.257 e. The number of anilines is 1. The van der Waals surface area contributed by atoms with E-state index in [2.05, 4.69) is 26.2 Å². The molecule has 0 radical (unpaired) electrons. The molecule has 0 atom stereocenters. The maximum atomic E-state index is 12.1. The number of nitrogens with one attached hydrogen (secondary N) is 1. The van der Waals surface area contributed by atoms with Gasteiger partial charge in [0.1, 0.15) is 5.75 Å². The van der Waals surface area contributed by atoms with Crippen LogP contribution in [0.3, 0.4) is 0 Å². The van der Waals surface area contributed by atoms with Gasteiger partial charge in [-0.3, -0.25) is 9.78 Å². The first-order valence-corrected chi connectivity index (χ1v) is 7.13. The van der Waals surface area contributed by atoms with Crippen LogP contribution in [-0.2, 0) is 0 Å². The largest absolute Gasteiger partial charge is 0.494 e. The second-order valence-corrected chi connectivity index (χ2v) is 5.14. The number of nitrogens with zero attached hydrogens (tertiary/aromatic N) is 1. The van der Waals surface area contributed by atoms with Crippen LogP contribution in [0.1, 0.15) is 23.7 Å². The van der Waals surface area contributed by atoms with Crippen LogP contribution in [0.15, 0.2) is 47.2 Å². The summed E-state index contributed by atoms with van der Waals surface area (Å²) in [5.41, 5.74) is 1.20. The molecule has 0 bridgehead atoms. The number of ether oxygens (including phenoxy) is 1. The van der Waals surface area contributed by atoms with Gasteiger partial charge in [-0.25, -0.2) is 0 Å². The zero-order valence-corrected chi connectivity index (χ0v) is 12.7. The van der Waals surface area contributed by atoms with Crippen molar-refractivity contribution in [3.63, 3.8) is 0 Å². The zero-order chi connectivity index (χ0) is 14.4. The van der Waals surface area contributed by atoms with Crippen molar-refractivity contribution in [2.24, 2.45) is 0 Å². The van der Waals surface area contributed by atoms with Crippen molar-refractivity contribution in [1.82, 2.24) is 4.98 Å². The Kier molecular flexibility index (Phi) is 5.12. The Balaban J connectivity index is 2.07. The number of amides is 1. The Bertz CT molecular complexity index is 602. The number of halogens is 1. The monoisotopic (exact) mass is 334 g/mol. The topological polar surface area (TPSA) is 51.2 Å². The number of benzene rings is 1. The van der Waals surface area contributed by atoms with E-state index in [0.29, 0.717) is 17.9 Å². The minimum Gasteiger partial charge on any atom is -0.494 e. The molecule has 1 heterocycles.